The summed E-state index contributed by atoms with van der Waals surface area (Å²) in [7, 11) is 0. The average Bonchev–Trinajstić information content (AvgIpc) is 2.47. The second kappa shape index (κ2) is 4.10. The van der Waals surface area contributed by atoms with Crippen LogP contribution >= 0.6 is 0 Å². The first kappa shape index (κ1) is 11.5. The molecule has 0 aliphatic carbocycles. The number of nitrogens with one attached hydrogen (secondary N) is 1. The molecule has 0 bridgehead atoms. The summed E-state index contributed by atoms with van der Waals surface area (Å²) in [5.74, 6) is 0.961. The minimum absolute atomic E-state index is 0.328. The molecular weight excluding hydrogens is 246 g/mol. The van der Waals surface area contributed by atoms with Crippen molar-refractivity contribution in [1.82, 2.24) is 4.90 Å². The van der Waals surface area contributed by atoms with Crippen LogP contribution < -0.4 is 5.32 Å². The van der Waals surface area contributed by atoms with Crippen molar-refractivity contribution >= 4 is 17.3 Å². The monoisotopic (exact) mass is 263 g/mol. The van der Waals surface area contributed by atoms with Crippen molar-refractivity contribution in [1.29, 1.82) is 0 Å². The van der Waals surface area contributed by atoms with Crippen LogP contribution in [0.4, 0.5) is 11.4 Å². The first-order chi connectivity index (χ1) is 9.75. The summed E-state index contributed by atoms with van der Waals surface area (Å²) in [5, 5.41) is 3.48. The Kier molecular flexibility index (Phi) is 2.36. The van der Waals surface area contributed by atoms with Gasteiger partial charge in [-0.15, -0.1) is 0 Å². The van der Waals surface area contributed by atoms with Gasteiger partial charge in [-0.1, -0.05) is 36.4 Å². The quantitative estimate of drug-likeness (QED) is 0.770. The van der Waals surface area contributed by atoms with Gasteiger partial charge in [0, 0.05) is 11.3 Å². The van der Waals surface area contributed by atoms with Crippen molar-refractivity contribution in [2.45, 2.75) is 25.9 Å². The van der Waals surface area contributed by atoms with Crippen molar-refractivity contribution in [2.24, 2.45) is 4.99 Å². The van der Waals surface area contributed by atoms with E-state index >= 15 is 0 Å². The van der Waals surface area contributed by atoms with Crippen molar-refractivity contribution in [3.63, 3.8) is 0 Å². The molecule has 2 aromatic carbocycles. The van der Waals surface area contributed by atoms with Gasteiger partial charge in [0.25, 0.3) is 0 Å². The molecule has 2 aliphatic heterocycles. The fourth-order valence-corrected chi connectivity index (χ4v) is 3.30. The summed E-state index contributed by atoms with van der Waals surface area (Å²) in [6, 6.07) is 17.5. The highest BCUT2D eigenvalue weighted by Gasteiger charge is 2.35. The van der Waals surface area contributed by atoms with Crippen LogP contribution in [0.1, 0.15) is 37.1 Å². The van der Waals surface area contributed by atoms with E-state index in [2.05, 4.69) is 66.5 Å². The Morgan fingerprint density at radius 2 is 1.55 bits per heavy atom. The molecule has 0 radical (unpaired) electrons. The van der Waals surface area contributed by atoms with E-state index in [0.717, 1.165) is 11.6 Å². The Morgan fingerprint density at radius 3 is 2.40 bits per heavy atom. The number of hydrogen-bond acceptors (Lipinski definition) is 3. The molecule has 0 saturated carbocycles. The zero-order valence-corrected chi connectivity index (χ0v) is 11.7. The maximum absolute atomic E-state index is 4.80. The number of anilines is 1. The van der Waals surface area contributed by atoms with E-state index in [-0.39, 0.29) is 0 Å². The highest BCUT2D eigenvalue weighted by atomic mass is 15.4. The molecule has 100 valence electrons. The number of nitrogens with zero attached hydrogens (tertiary/aromatic N) is 2. The van der Waals surface area contributed by atoms with Gasteiger partial charge in [0.05, 0.1) is 17.8 Å². The lowest BCUT2D eigenvalue weighted by atomic mass is 9.96. The highest BCUT2D eigenvalue weighted by molar-refractivity contribution is 5.99. The minimum Gasteiger partial charge on any atom is -0.329 e. The van der Waals surface area contributed by atoms with Crippen LogP contribution in [-0.4, -0.2) is 10.9 Å². The van der Waals surface area contributed by atoms with Gasteiger partial charge in [0.1, 0.15) is 0 Å². The molecule has 3 nitrogen and oxygen atoms in total. The SMILES string of the molecule is CC1c2ccccc2NC2=Nc3ccccc3[C@H](C)N21. The number of hydrogen-bond donors (Lipinski definition) is 1. The van der Waals surface area contributed by atoms with E-state index in [1.807, 2.05) is 6.07 Å². The summed E-state index contributed by atoms with van der Waals surface area (Å²) in [4.78, 5) is 7.16. The van der Waals surface area contributed by atoms with Crippen molar-refractivity contribution in [3.05, 3.63) is 59.7 Å². The third-order valence-corrected chi connectivity index (χ3v) is 4.35. The Bertz CT molecular complexity index is 705. The lowest BCUT2D eigenvalue weighted by molar-refractivity contribution is 0.259. The normalized spacial score (nSPS) is 23.1. The number of guanidine groups is 1. The second-order valence-electron chi connectivity index (χ2n) is 5.47. The molecule has 4 rings (SSSR count). The molecule has 2 aliphatic rings. The van der Waals surface area contributed by atoms with E-state index in [1.54, 1.807) is 0 Å². The maximum atomic E-state index is 4.80. The fraction of sp³-hybridized carbons (Fsp3) is 0.235. The standard InChI is InChI=1S/C17H17N3/c1-11-13-7-3-5-9-15(13)18-17-19-16-10-6-4-8-14(16)12(2)20(11)17/h3-12H,1-2H3,(H,18,19)/t11-,12?/m0/s1. The second-order valence-corrected chi connectivity index (χ2v) is 5.47. The molecule has 0 fully saturated rings. The molecule has 0 aromatic heterocycles. The summed E-state index contributed by atoms with van der Waals surface area (Å²) in [6.45, 7) is 4.50. The van der Waals surface area contributed by atoms with Crippen LogP contribution in [0, 0.1) is 0 Å². The van der Waals surface area contributed by atoms with Gasteiger partial charge >= 0.3 is 0 Å². The summed E-state index contributed by atoms with van der Waals surface area (Å²) in [5.41, 5.74) is 4.87. The topological polar surface area (TPSA) is 27.6 Å². The Morgan fingerprint density at radius 1 is 0.900 bits per heavy atom. The molecular formula is C17H17N3. The van der Waals surface area contributed by atoms with Gasteiger partial charge in [0.15, 0.2) is 0 Å². The van der Waals surface area contributed by atoms with Crippen LogP contribution in [0.2, 0.25) is 0 Å². The van der Waals surface area contributed by atoms with E-state index < -0.39 is 0 Å². The average molecular weight is 263 g/mol. The third-order valence-electron chi connectivity index (χ3n) is 4.35. The maximum Gasteiger partial charge on any atom is 0.204 e. The molecule has 2 heterocycles. The molecule has 0 saturated heterocycles. The number of para-hydroxylation sites is 2. The number of fused-ring (bicyclic) bond motifs is 3. The lowest BCUT2D eigenvalue weighted by Gasteiger charge is -2.44. The number of benzene rings is 2. The molecule has 1 N–H and O–H groups in total. The van der Waals surface area contributed by atoms with Crippen LogP contribution in [0.3, 0.4) is 0 Å². The molecule has 1 unspecified atom stereocenters. The smallest absolute Gasteiger partial charge is 0.204 e. The van der Waals surface area contributed by atoms with Gasteiger partial charge in [-0.25, -0.2) is 4.99 Å². The van der Waals surface area contributed by atoms with E-state index in [1.165, 1.54) is 16.8 Å². The molecule has 0 spiro atoms. The van der Waals surface area contributed by atoms with Crippen molar-refractivity contribution in [2.75, 3.05) is 5.32 Å². The Balaban J connectivity index is 1.89. The minimum atomic E-state index is 0.328. The predicted molar refractivity (Wildman–Crippen MR) is 82.3 cm³/mol. The largest absolute Gasteiger partial charge is 0.329 e. The van der Waals surface area contributed by atoms with Gasteiger partial charge < -0.3 is 10.2 Å². The first-order valence-electron chi connectivity index (χ1n) is 7.07. The van der Waals surface area contributed by atoms with Crippen LogP contribution in [0.5, 0.6) is 0 Å². The van der Waals surface area contributed by atoms with Crippen LogP contribution in [0.15, 0.2) is 53.5 Å². The van der Waals surface area contributed by atoms with Gasteiger partial charge in [-0.3, -0.25) is 0 Å². The summed E-state index contributed by atoms with van der Waals surface area (Å²) < 4.78 is 0. The summed E-state index contributed by atoms with van der Waals surface area (Å²) in [6.07, 6.45) is 0. The fourth-order valence-electron chi connectivity index (χ4n) is 3.30. The third kappa shape index (κ3) is 1.49. The van der Waals surface area contributed by atoms with Crippen LogP contribution in [0.25, 0.3) is 0 Å². The summed E-state index contributed by atoms with van der Waals surface area (Å²) >= 11 is 0. The van der Waals surface area contributed by atoms with E-state index in [0.29, 0.717) is 12.1 Å². The van der Waals surface area contributed by atoms with Gasteiger partial charge in [-0.05, 0) is 31.5 Å². The molecule has 0 amide bonds. The first-order valence-corrected chi connectivity index (χ1v) is 7.07. The van der Waals surface area contributed by atoms with Crippen molar-refractivity contribution in [3.8, 4) is 0 Å². The Labute approximate surface area is 119 Å². The van der Waals surface area contributed by atoms with Crippen LogP contribution in [-0.2, 0) is 0 Å². The van der Waals surface area contributed by atoms with Gasteiger partial charge in [-0.2, -0.15) is 0 Å². The zero-order valence-electron chi connectivity index (χ0n) is 11.7. The molecule has 2 aromatic rings. The lowest BCUT2D eigenvalue weighted by Crippen LogP contribution is -2.45. The van der Waals surface area contributed by atoms with E-state index in [4.69, 9.17) is 4.99 Å². The number of rotatable bonds is 0. The van der Waals surface area contributed by atoms with Gasteiger partial charge in [0.2, 0.25) is 5.96 Å². The van der Waals surface area contributed by atoms with E-state index in [9.17, 15) is 0 Å². The predicted octanol–water partition coefficient (Wildman–Crippen LogP) is 4.24. The molecule has 3 heteroatoms. The molecule has 20 heavy (non-hydrogen) atoms. The van der Waals surface area contributed by atoms with Crippen molar-refractivity contribution < 1.29 is 0 Å². The highest BCUT2D eigenvalue weighted by Crippen LogP contribution is 2.43. The molecule has 2 atom stereocenters. The number of aliphatic imine (C=N–C) groups is 1. The zero-order chi connectivity index (χ0) is 13.7. The Hall–Kier alpha value is -2.29.